The molecular formula is C22H21NO5. The van der Waals surface area contributed by atoms with Gasteiger partial charge in [0.1, 0.15) is 12.1 Å². The van der Waals surface area contributed by atoms with E-state index < -0.39 is 29.5 Å². The molecule has 2 atom stereocenters. The predicted octanol–water partition coefficient (Wildman–Crippen LogP) is 3.30. The van der Waals surface area contributed by atoms with E-state index >= 15 is 0 Å². The summed E-state index contributed by atoms with van der Waals surface area (Å²) in [6.45, 7) is 4.15. The fraction of sp³-hybridized carbons (Fsp3) is 0.273. The van der Waals surface area contributed by atoms with Crippen molar-refractivity contribution in [3.63, 3.8) is 0 Å². The molecule has 2 unspecified atom stereocenters. The Morgan fingerprint density at radius 2 is 1.64 bits per heavy atom. The first-order valence-corrected chi connectivity index (χ1v) is 9.00. The largest absolute Gasteiger partial charge is 0.468 e. The molecule has 0 amide bonds. The van der Waals surface area contributed by atoms with Crippen molar-refractivity contribution in [3.8, 4) is 0 Å². The van der Waals surface area contributed by atoms with Crippen molar-refractivity contribution in [2.24, 2.45) is 5.41 Å². The van der Waals surface area contributed by atoms with E-state index in [4.69, 9.17) is 14.3 Å². The van der Waals surface area contributed by atoms with E-state index in [0.29, 0.717) is 0 Å². The Kier molecular flexibility index (Phi) is 4.43. The van der Waals surface area contributed by atoms with Gasteiger partial charge >= 0.3 is 11.9 Å². The average molecular weight is 379 g/mol. The second-order valence-corrected chi connectivity index (χ2v) is 6.93. The Morgan fingerprint density at radius 3 is 2.29 bits per heavy atom. The zero-order valence-electron chi connectivity index (χ0n) is 15.8. The zero-order valence-corrected chi connectivity index (χ0v) is 15.8. The van der Waals surface area contributed by atoms with E-state index in [1.54, 1.807) is 5.06 Å². The Balaban J connectivity index is 2.00. The van der Waals surface area contributed by atoms with Gasteiger partial charge < -0.3 is 9.47 Å². The van der Waals surface area contributed by atoms with Gasteiger partial charge in [-0.3, -0.25) is 14.4 Å². The second-order valence-electron chi connectivity index (χ2n) is 6.93. The van der Waals surface area contributed by atoms with Gasteiger partial charge in [-0.25, -0.2) is 5.06 Å². The smallest absolute Gasteiger partial charge is 0.325 e. The van der Waals surface area contributed by atoms with Gasteiger partial charge in [0, 0.05) is 12.0 Å². The van der Waals surface area contributed by atoms with Crippen molar-refractivity contribution in [3.05, 3.63) is 72.3 Å². The molecule has 2 heterocycles. The number of hydrogen-bond acceptors (Lipinski definition) is 6. The third kappa shape index (κ3) is 2.45. The topological polar surface area (TPSA) is 65.1 Å². The lowest BCUT2D eigenvalue weighted by Crippen LogP contribution is -2.60. The Hall–Kier alpha value is -3.12. The highest BCUT2D eigenvalue weighted by Gasteiger charge is 2.63. The number of hydrogen-bond donors (Lipinski definition) is 0. The molecule has 2 aromatic carbocycles. The van der Waals surface area contributed by atoms with Gasteiger partial charge in [-0.2, -0.15) is 0 Å². The van der Waals surface area contributed by atoms with Crippen LogP contribution in [0.2, 0.25) is 0 Å². The van der Waals surface area contributed by atoms with Crippen LogP contribution in [0.5, 0.6) is 0 Å². The van der Waals surface area contributed by atoms with E-state index in [2.05, 4.69) is 6.58 Å². The maximum atomic E-state index is 13.1. The van der Waals surface area contributed by atoms with Crippen LogP contribution < -0.4 is 5.06 Å². The number of carbonyl (C=O) groups excluding carboxylic acids is 2. The molecule has 0 saturated carbocycles. The van der Waals surface area contributed by atoms with Crippen LogP contribution in [0, 0.1) is 5.41 Å². The molecule has 4 rings (SSSR count). The summed E-state index contributed by atoms with van der Waals surface area (Å²) in [4.78, 5) is 32.4. The van der Waals surface area contributed by atoms with Gasteiger partial charge in [0.2, 0.25) is 0 Å². The monoisotopic (exact) mass is 379 g/mol. The van der Waals surface area contributed by atoms with E-state index in [1.165, 1.54) is 14.2 Å². The number of methoxy groups -OCH3 is 2. The number of nitrogens with zero attached hydrogens (tertiary/aromatic N) is 1. The van der Waals surface area contributed by atoms with Crippen LogP contribution in [0.15, 0.2) is 61.2 Å². The summed E-state index contributed by atoms with van der Waals surface area (Å²) in [5.74, 6) is -1.31. The molecule has 0 spiro atoms. The molecule has 28 heavy (non-hydrogen) atoms. The molecule has 6 heteroatoms. The minimum absolute atomic E-state index is 0.0789. The number of anilines is 1. The van der Waals surface area contributed by atoms with Crippen LogP contribution in [0.3, 0.4) is 0 Å². The summed E-state index contributed by atoms with van der Waals surface area (Å²) in [5, 5.41) is 1.64. The molecule has 1 fully saturated rings. The molecule has 0 N–H and O–H groups in total. The minimum atomic E-state index is -1.59. The fourth-order valence-electron chi connectivity index (χ4n) is 4.23. The number of hydroxylamine groups is 1. The van der Waals surface area contributed by atoms with Crippen molar-refractivity contribution in [1.82, 2.24) is 0 Å². The number of ether oxygens (including phenoxy) is 2. The van der Waals surface area contributed by atoms with Crippen LogP contribution in [0.4, 0.5) is 5.69 Å². The maximum Gasteiger partial charge on any atom is 0.325 e. The van der Waals surface area contributed by atoms with Gasteiger partial charge in [0.05, 0.1) is 19.9 Å². The van der Waals surface area contributed by atoms with E-state index in [-0.39, 0.29) is 6.42 Å². The van der Waals surface area contributed by atoms with Gasteiger partial charge in [-0.1, -0.05) is 55.1 Å². The van der Waals surface area contributed by atoms with E-state index in [1.807, 2.05) is 54.6 Å². The molecular weight excluding hydrogens is 358 g/mol. The molecule has 0 aliphatic carbocycles. The summed E-state index contributed by atoms with van der Waals surface area (Å²) in [7, 11) is 2.55. The molecule has 0 radical (unpaired) electrons. The van der Waals surface area contributed by atoms with Gasteiger partial charge in [-0.15, -0.1) is 0 Å². The van der Waals surface area contributed by atoms with Gasteiger partial charge in [-0.05, 0) is 17.2 Å². The molecule has 2 aliphatic rings. The van der Waals surface area contributed by atoms with Crippen LogP contribution >= 0.6 is 0 Å². The number of carbonyl (C=O) groups is 2. The molecule has 2 aromatic rings. The Morgan fingerprint density at radius 1 is 1.04 bits per heavy atom. The normalized spacial score (nSPS) is 22.2. The van der Waals surface area contributed by atoms with E-state index in [9.17, 15) is 9.59 Å². The standard InChI is InChI=1S/C22H21NO5/c1-14-16-11-7-8-12-17(16)23-19(15-9-5-4-6-10-15)22(20(24)26-2,21(25)27-3)13-18(14)28-23/h4-12,18-19H,1,13H2,2-3H3. The summed E-state index contributed by atoms with van der Waals surface area (Å²) in [6.07, 6.45) is -0.469. The third-order valence-electron chi connectivity index (χ3n) is 5.54. The van der Waals surface area contributed by atoms with Gasteiger partial charge in [0.15, 0.2) is 5.41 Å². The number of para-hydroxylation sites is 1. The van der Waals surface area contributed by atoms with Gasteiger partial charge in [0.25, 0.3) is 0 Å². The molecule has 6 nitrogen and oxygen atoms in total. The first-order valence-electron chi connectivity index (χ1n) is 9.00. The number of fused-ring (bicyclic) bond motifs is 4. The summed E-state index contributed by atoms with van der Waals surface area (Å²) >= 11 is 0. The van der Waals surface area contributed by atoms with Crippen molar-refractivity contribution >= 4 is 23.2 Å². The minimum Gasteiger partial charge on any atom is -0.468 e. The number of benzene rings is 2. The molecule has 1 saturated heterocycles. The van der Waals surface area contributed by atoms with Crippen LogP contribution in [0.25, 0.3) is 5.57 Å². The highest BCUT2D eigenvalue weighted by atomic mass is 16.7. The quantitative estimate of drug-likeness (QED) is 0.602. The van der Waals surface area contributed by atoms with Crippen molar-refractivity contribution in [2.75, 3.05) is 19.3 Å². The Bertz CT molecular complexity index is 923. The molecule has 2 aliphatic heterocycles. The highest BCUT2D eigenvalue weighted by molar-refractivity contribution is 6.03. The number of esters is 2. The van der Waals surface area contributed by atoms with Crippen molar-refractivity contribution in [1.29, 1.82) is 0 Å². The average Bonchev–Trinajstić information content (AvgIpc) is 2.76. The Labute approximate surface area is 163 Å². The SMILES string of the molecule is C=C1c2ccccc2N2OC1CC(C(=O)OC)(C(=O)OC)C2c1ccccc1. The summed E-state index contributed by atoms with van der Waals surface area (Å²) in [5.41, 5.74) is 1.55. The lowest BCUT2D eigenvalue weighted by atomic mass is 9.69. The van der Waals surface area contributed by atoms with Crippen LogP contribution in [0.1, 0.15) is 23.6 Å². The summed E-state index contributed by atoms with van der Waals surface area (Å²) < 4.78 is 10.2. The second kappa shape index (κ2) is 6.80. The van der Waals surface area contributed by atoms with Crippen LogP contribution in [-0.2, 0) is 23.9 Å². The molecule has 2 bridgehead atoms. The highest BCUT2D eigenvalue weighted by Crippen LogP contribution is 2.55. The fourth-order valence-corrected chi connectivity index (χ4v) is 4.23. The first kappa shape index (κ1) is 18.3. The first-order chi connectivity index (χ1) is 13.5. The maximum absolute atomic E-state index is 13.1. The molecule has 144 valence electrons. The van der Waals surface area contributed by atoms with Crippen molar-refractivity contribution < 1.29 is 23.9 Å². The van der Waals surface area contributed by atoms with Crippen molar-refractivity contribution in [2.45, 2.75) is 18.6 Å². The summed E-state index contributed by atoms with van der Waals surface area (Å²) in [6, 6.07) is 16.2. The predicted molar refractivity (Wildman–Crippen MR) is 103 cm³/mol. The zero-order chi connectivity index (χ0) is 19.9. The van der Waals surface area contributed by atoms with E-state index in [0.717, 1.165) is 22.4 Å². The van der Waals surface area contributed by atoms with Crippen LogP contribution in [-0.4, -0.2) is 32.3 Å². The molecule has 0 aromatic heterocycles. The number of rotatable bonds is 3. The lowest BCUT2D eigenvalue weighted by Gasteiger charge is -2.52. The third-order valence-corrected chi connectivity index (χ3v) is 5.54. The lowest BCUT2D eigenvalue weighted by molar-refractivity contribution is -0.183.